The second-order valence-electron chi connectivity index (χ2n) is 8.38. The molecular formula is C24H33N5O3. The van der Waals surface area contributed by atoms with Crippen molar-refractivity contribution >= 4 is 11.4 Å². The van der Waals surface area contributed by atoms with Crippen molar-refractivity contribution in [2.24, 2.45) is 0 Å². The van der Waals surface area contributed by atoms with Crippen molar-refractivity contribution in [1.82, 2.24) is 19.8 Å². The first kappa shape index (κ1) is 22.4. The summed E-state index contributed by atoms with van der Waals surface area (Å²) in [4.78, 5) is 13.3. The fraction of sp³-hybridized carbons (Fsp3) is 0.500. The van der Waals surface area contributed by atoms with Crippen LogP contribution in [0.25, 0.3) is 17.0 Å². The lowest BCUT2D eigenvalue weighted by atomic mass is 10.1. The number of likely N-dealkylation sites (tertiary alicyclic amines) is 1. The molecule has 1 atom stereocenters. The van der Waals surface area contributed by atoms with Gasteiger partial charge in [0, 0.05) is 49.2 Å². The summed E-state index contributed by atoms with van der Waals surface area (Å²) in [5.41, 5.74) is 4.30. The van der Waals surface area contributed by atoms with Crippen molar-refractivity contribution < 1.29 is 14.2 Å². The second kappa shape index (κ2) is 9.75. The summed E-state index contributed by atoms with van der Waals surface area (Å²) >= 11 is 0. The molecule has 2 aromatic rings. The van der Waals surface area contributed by atoms with Gasteiger partial charge < -0.3 is 29.5 Å². The van der Waals surface area contributed by atoms with Crippen LogP contribution < -0.4 is 9.47 Å². The van der Waals surface area contributed by atoms with Crippen LogP contribution >= 0.6 is 0 Å². The van der Waals surface area contributed by atoms with Gasteiger partial charge in [0.2, 0.25) is 0 Å². The number of imidazole rings is 1. The van der Waals surface area contributed by atoms with Crippen molar-refractivity contribution in [2.75, 3.05) is 53.6 Å². The number of ether oxygens (including phenoxy) is 3. The minimum atomic E-state index is 0.509. The molecule has 0 spiro atoms. The summed E-state index contributed by atoms with van der Waals surface area (Å²) in [7, 11) is 3.27. The van der Waals surface area contributed by atoms with Crippen molar-refractivity contribution in [1.29, 1.82) is 5.41 Å². The number of rotatable bonds is 7. The monoisotopic (exact) mass is 439 g/mol. The number of aromatic amines is 1. The molecule has 3 heterocycles. The van der Waals surface area contributed by atoms with Crippen LogP contribution in [0.2, 0.25) is 0 Å². The van der Waals surface area contributed by atoms with E-state index in [1.165, 1.54) is 0 Å². The Hall–Kier alpha value is -2.84. The number of benzene rings is 1. The van der Waals surface area contributed by atoms with E-state index in [4.69, 9.17) is 24.6 Å². The van der Waals surface area contributed by atoms with Gasteiger partial charge in [-0.15, -0.1) is 0 Å². The van der Waals surface area contributed by atoms with Crippen LogP contribution in [0.15, 0.2) is 24.3 Å². The molecule has 0 radical (unpaired) electrons. The van der Waals surface area contributed by atoms with Crippen LogP contribution in [0.1, 0.15) is 24.9 Å². The topological polar surface area (TPSA) is 86.7 Å². The van der Waals surface area contributed by atoms with Crippen LogP contribution in [0.4, 0.5) is 0 Å². The first-order chi connectivity index (χ1) is 15.5. The maximum absolute atomic E-state index is 8.10. The molecular weight excluding hydrogens is 406 g/mol. The van der Waals surface area contributed by atoms with Gasteiger partial charge in [-0.1, -0.05) is 0 Å². The number of morpholine rings is 1. The molecule has 8 nitrogen and oxygen atoms in total. The van der Waals surface area contributed by atoms with Gasteiger partial charge in [-0.3, -0.25) is 4.90 Å². The average molecular weight is 440 g/mol. The molecule has 2 N–H and O–H groups in total. The lowest BCUT2D eigenvalue weighted by Crippen LogP contribution is -2.44. The summed E-state index contributed by atoms with van der Waals surface area (Å²) in [5, 5.41) is 8.10. The first-order valence-electron chi connectivity index (χ1n) is 11.1. The fourth-order valence-electron chi connectivity index (χ4n) is 4.56. The lowest BCUT2D eigenvalue weighted by molar-refractivity contribution is 0.0194. The van der Waals surface area contributed by atoms with E-state index in [2.05, 4.69) is 14.8 Å². The summed E-state index contributed by atoms with van der Waals surface area (Å²) in [6.45, 7) is 9.32. The van der Waals surface area contributed by atoms with Crippen molar-refractivity contribution in [3.05, 3.63) is 35.8 Å². The lowest BCUT2D eigenvalue weighted by Gasteiger charge is -2.32. The zero-order chi connectivity index (χ0) is 22.7. The number of H-pyrrole nitrogens is 1. The van der Waals surface area contributed by atoms with Crippen molar-refractivity contribution in [3.8, 4) is 22.8 Å². The normalized spacial score (nSPS) is 19.9. The van der Waals surface area contributed by atoms with Crippen LogP contribution in [0.3, 0.4) is 0 Å². The van der Waals surface area contributed by atoms with E-state index in [1.807, 2.05) is 31.2 Å². The fourth-order valence-corrected chi connectivity index (χ4v) is 4.56. The van der Waals surface area contributed by atoms with Crippen molar-refractivity contribution in [2.45, 2.75) is 26.3 Å². The van der Waals surface area contributed by atoms with Crippen LogP contribution in [-0.4, -0.2) is 85.1 Å². The van der Waals surface area contributed by atoms with E-state index in [-0.39, 0.29) is 0 Å². The molecule has 0 aliphatic carbocycles. The van der Waals surface area contributed by atoms with Gasteiger partial charge in [0.05, 0.1) is 38.8 Å². The minimum absolute atomic E-state index is 0.509. The van der Waals surface area contributed by atoms with E-state index in [0.29, 0.717) is 23.3 Å². The van der Waals surface area contributed by atoms with Crippen LogP contribution in [0, 0.1) is 12.3 Å². The Morgan fingerprint density at radius 3 is 2.62 bits per heavy atom. The number of aryl methyl sites for hydroxylation is 1. The van der Waals surface area contributed by atoms with Gasteiger partial charge >= 0.3 is 0 Å². The molecule has 8 heteroatoms. The molecule has 2 aliphatic rings. The van der Waals surface area contributed by atoms with E-state index < -0.39 is 0 Å². The largest absolute Gasteiger partial charge is 0.493 e. The van der Waals surface area contributed by atoms with Gasteiger partial charge in [-0.2, -0.15) is 0 Å². The number of nitrogens with zero attached hydrogens (tertiary/aromatic N) is 3. The summed E-state index contributed by atoms with van der Waals surface area (Å²) in [5.74, 6) is 2.16. The minimum Gasteiger partial charge on any atom is -0.493 e. The third kappa shape index (κ3) is 4.66. The molecule has 1 aromatic carbocycles. The maximum Gasteiger partial charge on any atom is 0.161 e. The Kier molecular flexibility index (Phi) is 6.81. The first-order valence-corrected chi connectivity index (χ1v) is 11.1. The van der Waals surface area contributed by atoms with Gasteiger partial charge in [0.25, 0.3) is 0 Å². The highest BCUT2D eigenvalue weighted by Gasteiger charge is 2.31. The molecule has 0 bridgehead atoms. The summed E-state index contributed by atoms with van der Waals surface area (Å²) < 4.78 is 16.4. The standard InChI is InChI=1S/C24H33N5O3/c1-16(25)13-20(29-8-7-19(15-29)28-9-11-32-12-10-28)24-26-17(2)23(27-24)18-5-6-21(30-3)22(14-18)31-4/h5-6,13-14,19,25H,7-12,15H2,1-4H3,(H,26,27)/b20-13+,25-16?/t19-/m1/s1. The molecule has 0 saturated carbocycles. The third-order valence-electron chi connectivity index (χ3n) is 6.20. The molecule has 4 rings (SSSR count). The Balaban J connectivity index is 1.61. The van der Waals surface area contributed by atoms with Crippen LogP contribution in [0.5, 0.6) is 11.5 Å². The van der Waals surface area contributed by atoms with Gasteiger partial charge in [-0.05, 0) is 44.5 Å². The Bertz CT molecular complexity index is 994. The zero-order valence-electron chi connectivity index (χ0n) is 19.4. The van der Waals surface area contributed by atoms with E-state index >= 15 is 0 Å². The van der Waals surface area contributed by atoms with Crippen molar-refractivity contribution in [3.63, 3.8) is 0 Å². The Labute approximate surface area is 189 Å². The number of aromatic nitrogens is 2. The predicted octanol–water partition coefficient (Wildman–Crippen LogP) is 3.19. The zero-order valence-corrected chi connectivity index (χ0v) is 19.4. The van der Waals surface area contributed by atoms with Gasteiger partial charge in [-0.25, -0.2) is 4.98 Å². The SMILES string of the molecule is COc1ccc(-c2nc(/C(=C\C(C)=N)N3CC[C@@H](N4CCOCC4)C3)[nH]c2C)cc1OC. The smallest absolute Gasteiger partial charge is 0.161 e. The summed E-state index contributed by atoms with van der Waals surface area (Å²) in [6, 6.07) is 6.34. The maximum atomic E-state index is 8.10. The highest BCUT2D eigenvalue weighted by atomic mass is 16.5. The molecule has 32 heavy (non-hydrogen) atoms. The van der Waals surface area contributed by atoms with Gasteiger partial charge in [0.15, 0.2) is 17.3 Å². The Morgan fingerprint density at radius 1 is 1.19 bits per heavy atom. The highest BCUT2D eigenvalue weighted by Crippen LogP contribution is 2.34. The number of methoxy groups -OCH3 is 2. The van der Waals surface area contributed by atoms with E-state index in [0.717, 1.165) is 74.3 Å². The quantitative estimate of drug-likeness (QED) is 0.645. The van der Waals surface area contributed by atoms with Gasteiger partial charge in [0.1, 0.15) is 0 Å². The molecule has 1 aromatic heterocycles. The number of hydrogen-bond donors (Lipinski definition) is 2. The average Bonchev–Trinajstić information content (AvgIpc) is 3.44. The Morgan fingerprint density at radius 2 is 1.94 bits per heavy atom. The predicted molar refractivity (Wildman–Crippen MR) is 126 cm³/mol. The number of allylic oxidation sites excluding steroid dienone is 1. The molecule has 2 aliphatic heterocycles. The molecule has 172 valence electrons. The summed E-state index contributed by atoms with van der Waals surface area (Å²) in [6.07, 6.45) is 3.02. The molecule has 2 fully saturated rings. The highest BCUT2D eigenvalue weighted by molar-refractivity contribution is 5.96. The third-order valence-corrected chi connectivity index (χ3v) is 6.20. The number of nitrogens with one attached hydrogen (secondary N) is 2. The van der Waals surface area contributed by atoms with E-state index in [9.17, 15) is 0 Å². The number of hydrogen-bond acceptors (Lipinski definition) is 7. The second-order valence-corrected chi connectivity index (χ2v) is 8.38. The molecule has 2 saturated heterocycles. The van der Waals surface area contributed by atoms with E-state index in [1.54, 1.807) is 21.1 Å². The van der Waals surface area contributed by atoms with Crippen LogP contribution in [-0.2, 0) is 4.74 Å². The molecule has 0 amide bonds. The molecule has 0 unspecified atom stereocenters.